The second-order valence-electron chi connectivity index (χ2n) is 7.02. The van der Waals surface area contributed by atoms with E-state index in [0.717, 1.165) is 29.4 Å². The van der Waals surface area contributed by atoms with Gasteiger partial charge in [0, 0.05) is 25.8 Å². The van der Waals surface area contributed by atoms with Crippen molar-refractivity contribution in [3.8, 4) is 0 Å². The maximum absolute atomic E-state index is 11.9. The third-order valence-electron chi connectivity index (χ3n) is 4.68. The van der Waals surface area contributed by atoms with Crippen LogP contribution in [0, 0.1) is 0 Å². The third-order valence-corrected chi connectivity index (χ3v) is 6.80. The summed E-state index contributed by atoms with van der Waals surface area (Å²) in [6, 6.07) is 18.6. The second-order valence-corrected chi connectivity index (χ2v) is 9.40. The van der Waals surface area contributed by atoms with E-state index < -0.39 is 0 Å². The fourth-order valence-electron chi connectivity index (χ4n) is 3.08. The van der Waals surface area contributed by atoms with E-state index in [4.69, 9.17) is 14.5 Å². The van der Waals surface area contributed by atoms with Gasteiger partial charge in [-0.15, -0.1) is 11.3 Å². The molecule has 0 spiro atoms. The number of methoxy groups -OCH3 is 1. The number of carbonyl (C=O) groups is 1. The van der Waals surface area contributed by atoms with Crippen LogP contribution in [0.5, 0.6) is 0 Å². The van der Waals surface area contributed by atoms with Crippen LogP contribution in [-0.4, -0.2) is 41.6 Å². The standard InChI is InChI=1S/C24H28N2O3S2/c1-4-29-23(27)18(2)16-20(28-3)14-15-26(17-19-10-6-5-7-11-19)31-24-25-21-12-8-9-13-22(21)30-24/h5-13,16,20H,4,14-15,17H2,1-3H3/b18-16-/t20-/m0/s1. The smallest absolute Gasteiger partial charge is 0.333 e. The Labute approximate surface area is 192 Å². The summed E-state index contributed by atoms with van der Waals surface area (Å²) in [5.41, 5.74) is 2.84. The van der Waals surface area contributed by atoms with Gasteiger partial charge in [-0.3, -0.25) is 0 Å². The van der Waals surface area contributed by atoms with Crippen LogP contribution in [0.3, 0.4) is 0 Å². The summed E-state index contributed by atoms with van der Waals surface area (Å²) in [6.07, 6.45) is 2.43. The number of hydrogen-bond acceptors (Lipinski definition) is 7. The lowest BCUT2D eigenvalue weighted by molar-refractivity contribution is -0.138. The second kappa shape index (κ2) is 12.0. The zero-order valence-electron chi connectivity index (χ0n) is 18.1. The van der Waals surface area contributed by atoms with Gasteiger partial charge in [-0.05, 0) is 56.0 Å². The first kappa shape index (κ1) is 23.5. The van der Waals surface area contributed by atoms with Gasteiger partial charge in [0.1, 0.15) is 0 Å². The summed E-state index contributed by atoms with van der Waals surface area (Å²) in [7, 11) is 1.67. The van der Waals surface area contributed by atoms with E-state index in [1.165, 1.54) is 10.3 Å². The lowest BCUT2D eigenvalue weighted by Gasteiger charge is -2.22. The van der Waals surface area contributed by atoms with E-state index >= 15 is 0 Å². The highest BCUT2D eigenvalue weighted by molar-refractivity contribution is 7.98. The number of hydrogen-bond donors (Lipinski definition) is 0. The van der Waals surface area contributed by atoms with Crippen molar-refractivity contribution in [3.05, 3.63) is 71.8 Å². The Hall–Kier alpha value is -2.19. The molecule has 3 rings (SSSR count). The van der Waals surface area contributed by atoms with Gasteiger partial charge in [0.2, 0.25) is 0 Å². The van der Waals surface area contributed by atoms with Crippen LogP contribution in [0.15, 0.2) is 70.6 Å². The molecular formula is C24H28N2O3S2. The first-order valence-electron chi connectivity index (χ1n) is 10.3. The normalized spacial score (nSPS) is 13.0. The number of nitrogens with zero attached hydrogens (tertiary/aromatic N) is 2. The van der Waals surface area contributed by atoms with Crippen molar-refractivity contribution in [1.82, 2.24) is 9.29 Å². The molecule has 1 atom stereocenters. The van der Waals surface area contributed by atoms with Crippen molar-refractivity contribution in [2.75, 3.05) is 20.3 Å². The minimum absolute atomic E-state index is 0.168. The van der Waals surface area contributed by atoms with Crippen molar-refractivity contribution in [3.63, 3.8) is 0 Å². The number of fused-ring (bicyclic) bond motifs is 1. The Balaban J connectivity index is 1.71. The highest BCUT2D eigenvalue weighted by Gasteiger charge is 2.16. The number of thiazole rings is 1. The molecule has 0 fully saturated rings. The maximum atomic E-state index is 11.9. The van der Waals surface area contributed by atoms with E-state index in [-0.39, 0.29) is 12.1 Å². The molecule has 0 amide bonds. The van der Waals surface area contributed by atoms with Crippen LogP contribution in [0.25, 0.3) is 10.2 Å². The fourth-order valence-corrected chi connectivity index (χ4v) is 5.28. The highest BCUT2D eigenvalue weighted by Crippen LogP contribution is 2.32. The Morgan fingerprint density at radius 3 is 2.65 bits per heavy atom. The minimum Gasteiger partial charge on any atom is -0.463 e. The molecule has 0 saturated carbocycles. The molecule has 0 aliphatic rings. The van der Waals surface area contributed by atoms with E-state index in [2.05, 4.69) is 34.6 Å². The Morgan fingerprint density at radius 1 is 1.19 bits per heavy atom. The molecule has 5 nitrogen and oxygen atoms in total. The largest absolute Gasteiger partial charge is 0.463 e. The SMILES string of the molecule is CCOC(=O)/C(C)=C\[C@H](CCN(Cc1ccccc1)Sc1nc2ccccc2s1)OC. The van der Waals surface area contributed by atoms with Gasteiger partial charge in [0.05, 0.1) is 22.9 Å². The molecule has 164 valence electrons. The van der Waals surface area contributed by atoms with Crippen molar-refractivity contribution in [2.45, 2.75) is 37.3 Å². The molecule has 7 heteroatoms. The summed E-state index contributed by atoms with van der Waals surface area (Å²) in [6.45, 7) is 5.51. The van der Waals surface area contributed by atoms with Crippen LogP contribution in [0.1, 0.15) is 25.8 Å². The predicted octanol–water partition coefficient (Wildman–Crippen LogP) is 5.72. The third kappa shape index (κ3) is 7.18. The van der Waals surface area contributed by atoms with Crippen LogP contribution >= 0.6 is 23.3 Å². The van der Waals surface area contributed by atoms with Crippen LogP contribution < -0.4 is 0 Å². The maximum Gasteiger partial charge on any atom is 0.333 e. The average molecular weight is 457 g/mol. The highest BCUT2D eigenvalue weighted by atomic mass is 32.2. The zero-order valence-corrected chi connectivity index (χ0v) is 19.7. The zero-order chi connectivity index (χ0) is 22.1. The molecular weight excluding hydrogens is 428 g/mol. The number of benzene rings is 2. The number of carbonyl (C=O) groups excluding carboxylic acids is 1. The van der Waals surface area contributed by atoms with E-state index in [1.807, 2.05) is 30.3 Å². The molecule has 2 aromatic carbocycles. The van der Waals surface area contributed by atoms with Crippen molar-refractivity contribution >= 4 is 39.5 Å². The van der Waals surface area contributed by atoms with Gasteiger partial charge >= 0.3 is 5.97 Å². The molecule has 1 heterocycles. The number of para-hydroxylation sites is 1. The number of ether oxygens (including phenoxy) is 2. The fraction of sp³-hybridized carbons (Fsp3) is 0.333. The van der Waals surface area contributed by atoms with Gasteiger partial charge in [-0.1, -0.05) is 42.5 Å². The molecule has 0 aliphatic heterocycles. The van der Waals surface area contributed by atoms with Crippen molar-refractivity contribution in [2.24, 2.45) is 0 Å². The molecule has 0 N–H and O–H groups in total. The quantitative estimate of drug-likeness (QED) is 0.209. The van der Waals surface area contributed by atoms with Crippen molar-refractivity contribution < 1.29 is 14.3 Å². The summed E-state index contributed by atoms with van der Waals surface area (Å²) in [5, 5.41) is 0. The lowest BCUT2D eigenvalue weighted by atomic mass is 10.1. The summed E-state index contributed by atoms with van der Waals surface area (Å²) in [5.74, 6) is -0.297. The molecule has 0 bridgehead atoms. The van der Waals surface area contributed by atoms with E-state index in [0.29, 0.717) is 12.2 Å². The molecule has 1 aromatic heterocycles. The first-order valence-corrected chi connectivity index (χ1v) is 11.9. The summed E-state index contributed by atoms with van der Waals surface area (Å²) >= 11 is 3.37. The number of aromatic nitrogens is 1. The molecule has 0 saturated heterocycles. The van der Waals surface area contributed by atoms with Gasteiger partial charge in [-0.2, -0.15) is 0 Å². The Kier molecular flexibility index (Phi) is 9.09. The average Bonchev–Trinajstić information content (AvgIpc) is 3.19. The monoisotopic (exact) mass is 456 g/mol. The molecule has 31 heavy (non-hydrogen) atoms. The molecule has 3 aromatic rings. The van der Waals surface area contributed by atoms with Gasteiger partial charge in [-0.25, -0.2) is 14.1 Å². The summed E-state index contributed by atoms with van der Waals surface area (Å²) in [4.78, 5) is 16.7. The van der Waals surface area contributed by atoms with Crippen LogP contribution in [0.4, 0.5) is 0 Å². The summed E-state index contributed by atoms with van der Waals surface area (Å²) < 4.78 is 15.2. The van der Waals surface area contributed by atoms with Gasteiger partial charge in [0.15, 0.2) is 4.34 Å². The number of esters is 1. The topological polar surface area (TPSA) is 51.7 Å². The minimum atomic E-state index is -0.297. The van der Waals surface area contributed by atoms with Gasteiger partial charge in [0.25, 0.3) is 0 Å². The number of rotatable bonds is 11. The predicted molar refractivity (Wildman–Crippen MR) is 128 cm³/mol. The molecule has 0 radical (unpaired) electrons. The van der Waals surface area contributed by atoms with Gasteiger partial charge < -0.3 is 9.47 Å². The first-order chi connectivity index (χ1) is 15.1. The molecule has 0 unspecified atom stereocenters. The van der Waals surface area contributed by atoms with E-state index in [1.54, 1.807) is 44.2 Å². The van der Waals surface area contributed by atoms with Crippen LogP contribution in [0.2, 0.25) is 0 Å². The Bertz CT molecular complexity index is 971. The van der Waals surface area contributed by atoms with E-state index in [9.17, 15) is 4.79 Å². The lowest BCUT2D eigenvalue weighted by Crippen LogP contribution is -2.22. The molecule has 0 aliphatic carbocycles. The Morgan fingerprint density at radius 2 is 1.94 bits per heavy atom. The van der Waals surface area contributed by atoms with Crippen molar-refractivity contribution in [1.29, 1.82) is 0 Å². The van der Waals surface area contributed by atoms with Crippen LogP contribution in [-0.2, 0) is 20.8 Å².